The quantitative estimate of drug-likeness (QED) is 0.901. The van der Waals surface area contributed by atoms with Crippen LogP contribution in [0.1, 0.15) is 37.4 Å². The molecule has 0 amide bonds. The zero-order valence-corrected chi connectivity index (χ0v) is 12.0. The van der Waals surface area contributed by atoms with E-state index in [1.54, 1.807) is 0 Å². The maximum Gasteiger partial charge on any atom is 0.0705 e. The Morgan fingerprint density at radius 1 is 1.26 bits per heavy atom. The van der Waals surface area contributed by atoms with Crippen molar-refractivity contribution in [3.63, 3.8) is 0 Å². The van der Waals surface area contributed by atoms with Gasteiger partial charge in [-0.3, -0.25) is 4.98 Å². The van der Waals surface area contributed by atoms with E-state index >= 15 is 0 Å². The maximum absolute atomic E-state index is 4.56. The lowest BCUT2D eigenvalue weighted by molar-refractivity contribution is 0.555. The predicted octanol–water partition coefficient (Wildman–Crippen LogP) is 3.64. The van der Waals surface area contributed by atoms with Gasteiger partial charge in [-0.05, 0) is 55.5 Å². The van der Waals surface area contributed by atoms with Crippen molar-refractivity contribution in [2.45, 2.75) is 39.2 Å². The van der Waals surface area contributed by atoms with Gasteiger partial charge >= 0.3 is 0 Å². The molecule has 3 rings (SSSR count). The minimum absolute atomic E-state index is 0.588. The van der Waals surface area contributed by atoms with Gasteiger partial charge in [0.1, 0.15) is 0 Å². The monoisotopic (exact) mass is 254 g/mol. The fourth-order valence-corrected chi connectivity index (χ4v) is 2.75. The van der Waals surface area contributed by atoms with E-state index in [1.807, 2.05) is 6.92 Å². The molecule has 2 unspecified atom stereocenters. The number of aromatic nitrogens is 1. The fourth-order valence-electron chi connectivity index (χ4n) is 2.75. The lowest BCUT2D eigenvalue weighted by Gasteiger charge is -2.08. The first-order chi connectivity index (χ1) is 9.13. The molecule has 0 spiro atoms. The Bertz CT molecular complexity index is 589. The highest BCUT2D eigenvalue weighted by Crippen LogP contribution is 2.47. The average molecular weight is 254 g/mol. The summed E-state index contributed by atoms with van der Waals surface area (Å²) < 4.78 is 0. The van der Waals surface area contributed by atoms with Gasteiger partial charge in [-0.25, -0.2) is 0 Å². The van der Waals surface area contributed by atoms with E-state index in [1.165, 1.54) is 17.4 Å². The molecule has 1 aromatic carbocycles. The molecule has 2 atom stereocenters. The fraction of sp³-hybridized carbons (Fsp3) is 0.471. The van der Waals surface area contributed by atoms with Gasteiger partial charge in [0.25, 0.3) is 0 Å². The minimum Gasteiger partial charge on any atom is -0.314 e. The van der Waals surface area contributed by atoms with Crippen molar-refractivity contribution in [2.24, 2.45) is 5.92 Å². The number of fused-ring (bicyclic) bond motifs is 1. The van der Waals surface area contributed by atoms with E-state index in [9.17, 15) is 0 Å². The maximum atomic E-state index is 4.56. The largest absolute Gasteiger partial charge is 0.314 e. The minimum atomic E-state index is 0.588. The van der Waals surface area contributed by atoms with Crippen LogP contribution in [0, 0.1) is 12.8 Å². The molecule has 1 aromatic heterocycles. The van der Waals surface area contributed by atoms with Crippen LogP contribution in [0.2, 0.25) is 0 Å². The number of pyridine rings is 1. The van der Waals surface area contributed by atoms with E-state index in [2.05, 4.69) is 54.5 Å². The highest BCUT2D eigenvalue weighted by atomic mass is 14.9. The standard InChI is InChI=1S/C17H22N2/c1-11(2)18-10-15-9-16(15)13-6-7-17-14(8-13)5-4-12(3)19-17/h4-8,11,15-16,18H,9-10H2,1-3H3. The Balaban J connectivity index is 1.74. The second-order valence-corrected chi connectivity index (χ2v) is 6.07. The summed E-state index contributed by atoms with van der Waals surface area (Å²) >= 11 is 0. The average Bonchev–Trinajstić information content (AvgIpc) is 3.15. The molecule has 2 aromatic rings. The van der Waals surface area contributed by atoms with E-state index < -0.39 is 0 Å². The molecule has 1 N–H and O–H groups in total. The number of rotatable bonds is 4. The number of hydrogen-bond donors (Lipinski definition) is 1. The Morgan fingerprint density at radius 3 is 2.89 bits per heavy atom. The van der Waals surface area contributed by atoms with Crippen molar-refractivity contribution in [1.82, 2.24) is 10.3 Å². The topological polar surface area (TPSA) is 24.9 Å². The van der Waals surface area contributed by atoms with Gasteiger partial charge in [0.05, 0.1) is 5.52 Å². The van der Waals surface area contributed by atoms with Crippen molar-refractivity contribution in [2.75, 3.05) is 6.54 Å². The molecule has 0 aliphatic heterocycles. The lowest BCUT2D eigenvalue weighted by atomic mass is 10.1. The van der Waals surface area contributed by atoms with Crippen molar-refractivity contribution in [3.05, 3.63) is 41.6 Å². The third-order valence-corrected chi connectivity index (χ3v) is 3.99. The summed E-state index contributed by atoms with van der Waals surface area (Å²) in [6.45, 7) is 7.61. The van der Waals surface area contributed by atoms with Gasteiger partial charge in [-0.15, -0.1) is 0 Å². The lowest BCUT2D eigenvalue weighted by Crippen LogP contribution is -2.25. The highest BCUT2D eigenvalue weighted by Gasteiger charge is 2.37. The first kappa shape index (κ1) is 12.6. The molecule has 0 radical (unpaired) electrons. The molecule has 1 saturated carbocycles. The van der Waals surface area contributed by atoms with E-state index in [-0.39, 0.29) is 0 Å². The van der Waals surface area contributed by atoms with Gasteiger partial charge < -0.3 is 5.32 Å². The van der Waals surface area contributed by atoms with Crippen molar-refractivity contribution < 1.29 is 0 Å². The summed E-state index contributed by atoms with van der Waals surface area (Å²) in [5, 5.41) is 4.81. The second kappa shape index (κ2) is 4.93. The second-order valence-electron chi connectivity index (χ2n) is 6.07. The number of nitrogens with zero attached hydrogens (tertiary/aromatic N) is 1. The zero-order valence-electron chi connectivity index (χ0n) is 12.0. The van der Waals surface area contributed by atoms with Crippen LogP contribution in [-0.4, -0.2) is 17.6 Å². The molecule has 0 bridgehead atoms. The first-order valence-corrected chi connectivity index (χ1v) is 7.24. The summed E-state index contributed by atoms with van der Waals surface area (Å²) in [5.74, 6) is 1.57. The van der Waals surface area contributed by atoms with Crippen molar-refractivity contribution in [1.29, 1.82) is 0 Å². The Labute approximate surface area is 115 Å². The van der Waals surface area contributed by atoms with E-state index in [4.69, 9.17) is 0 Å². The Morgan fingerprint density at radius 2 is 2.11 bits per heavy atom. The SMILES string of the molecule is Cc1ccc2cc(C3CC3CNC(C)C)ccc2n1. The van der Waals surface area contributed by atoms with Crippen LogP contribution in [-0.2, 0) is 0 Å². The Kier molecular flexibility index (Phi) is 3.28. The van der Waals surface area contributed by atoms with E-state index in [0.29, 0.717) is 6.04 Å². The summed E-state index contributed by atoms with van der Waals surface area (Å²) in [5.41, 5.74) is 3.68. The number of hydrogen-bond acceptors (Lipinski definition) is 2. The van der Waals surface area contributed by atoms with Gasteiger partial charge in [0.2, 0.25) is 0 Å². The first-order valence-electron chi connectivity index (χ1n) is 7.24. The van der Waals surface area contributed by atoms with Crippen LogP contribution in [0.5, 0.6) is 0 Å². The van der Waals surface area contributed by atoms with Gasteiger partial charge in [-0.2, -0.15) is 0 Å². The normalized spacial score (nSPS) is 22.1. The van der Waals surface area contributed by atoms with Crippen LogP contribution in [0.3, 0.4) is 0 Å². The van der Waals surface area contributed by atoms with Crippen molar-refractivity contribution in [3.8, 4) is 0 Å². The zero-order chi connectivity index (χ0) is 13.4. The smallest absolute Gasteiger partial charge is 0.0705 e. The molecular formula is C17H22N2. The summed E-state index contributed by atoms with van der Waals surface area (Å²) in [7, 11) is 0. The molecular weight excluding hydrogens is 232 g/mol. The van der Waals surface area contributed by atoms with Crippen LogP contribution < -0.4 is 5.32 Å². The predicted molar refractivity (Wildman–Crippen MR) is 80.5 cm³/mol. The van der Waals surface area contributed by atoms with Gasteiger partial charge in [-0.1, -0.05) is 26.0 Å². The molecule has 19 heavy (non-hydrogen) atoms. The highest BCUT2D eigenvalue weighted by molar-refractivity contribution is 5.79. The Hall–Kier alpha value is -1.41. The van der Waals surface area contributed by atoms with Crippen molar-refractivity contribution >= 4 is 10.9 Å². The summed E-state index contributed by atoms with van der Waals surface area (Å²) in [6, 6.07) is 11.6. The molecule has 1 heterocycles. The van der Waals surface area contributed by atoms with Crippen LogP contribution in [0.4, 0.5) is 0 Å². The van der Waals surface area contributed by atoms with Gasteiger partial charge in [0, 0.05) is 17.1 Å². The molecule has 2 nitrogen and oxygen atoms in total. The molecule has 1 fully saturated rings. The van der Waals surface area contributed by atoms with Crippen LogP contribution >= 0.6 is 0 Å². The molecule has 1 aliphatic rings. The molecule has 2 heteroatoms. The number of nitrogens with one attached hydrogen (secondary N) is 1. The third kappa shape index (κ3) is 2.79. The summed E-state index contributed by atoms with van der Waals surface area (Å²) in [4.78, 5) is 4.56. The van der Waals surface area contributed by atoms with E-state index in [0.717, 1.165) is 29.6 Å². The van der Waals surface area contributed by atoms with Crippen LogP contribution in [0.15, 0.2) is 30.3 Å². The summed E-state index contributed by atoms with van der Waals surface area (Å²) in [6.07, 6.45) is 1.32. The molecule has 1 aliphatic carbocycles. The molecule has 0 saturated heterocycles. The number of benzene rings is 1. The number of aryl methyl sites for hydroxylation is 1. The van der Waals surface area contributed by atoms with Crippen LogP contribution in [0.25, 0.3) is 10.9 Å². The van der Waals surface area contributed by atoms with Gasteiger partial charge in [0.15, 0.2) is 0 Å². The molecule has 100 valence electrons. The third-order valence-electron chi connectivity index (χ3n) is 3.99.